The Morgan fingerprint density at radius 2 is 1.96 bits per heavy atom. The van der Waals surface area contributed by atoms with Gasteiger partial charge in [-0.2, -0.15) is 0 Å². The quantitative estimate of drug-likeness (QED) is 0.711. The summed E-state index contributed by atoms with van der Waals surface area (Å²) >= 11 is 0. The molecule has 0 bridgehead atoms. The predicted octanol–water partition coefficient (Wildman–Crippen LogP) is 2.05. The minimum absolute atomic E-state index is 0.180. The molecular formula is C19H21N5O2. The maximum atomic E-state index is 12.6. The lowest BCUT2D eigenvalue weighted by Crippen LogP contribution is -2.28. The third kappa shape index (κ3) is 3.88. The van der Waals surface area contributed by atoms with Crippen molar-refractivity contribution in [2.75, 3.05) is 6.54 Å². The molecule has 26 heavy (non-hydrogen) atoms. The van der Waals surface area contributed by atoms with Crippen LogP contribution in [0.3, 0.4) is 0 Å². The highest BCUT2D eigenvalue weighted by Crippen LogP contribution is 2.13. The number of rotatable bonds is 6. The van der Waals surface area contributed by atoms with E-state index in [1.54, 1.807) is 35.1 Å². The van der Waals surface area contributed by atoms with E-state index in [1.807, 2.05) is 32.0 Å². The number of hydrogen-bond acceptors (Lipinski definition) is 4. The first-order chi connectivity index (χ1) is 12.6. The van der Waals surface area contributed by atoms with Crippen LogP contribution in [0, 0.1) is 5.92 Å². The van der Waals surface area contributed by atoms with E-state index in [2.05, 4.69) is 20.6 Å². The lowest BCUT2D eigenvalue weighted by atomic mass is 10.2. The van der Waals surface area contributed by atoms with Gasteiger partial charge in [0, 0.05) is 31.7 Å². The van der Waals surface area contributed by atoms with Gasteiger partial charge in [-0.05, 0) is 29.7 Å². The summed E-state index contributed by atoms with van der Waals surface area (Å²) in [6, 6.07) is 9.07. The van der Waals surface area contributed by atoms with Gasteiger partial charge in [-0.25, -0.2) is 4.98 Å². The largest absolute Gasteiger partial charge is 0.350 e. The van der Waals surface area contributed by atoms with E-state index >= 15 is 0 Å². The van der Waals surface area contributed by atoms with E-state index in [0.29, 0.717) is 24.5 Å². The van der Waals surface area contributed by atoms with Crippen molar-refractivity contribution in [3.05, 3.63) is 66.0 Å². The minimum Gasteiger partial charge on any atom is -0.350 e. The van der Waals surface area contributed by atoms with Gasteiger partial charge in [0.1, 0.15) is 0 Å². The molecule has 2 N–H and O–H groups in total. The molecule has 3 heterocycles. The fraction of sp³-hybridized carbons (Fsp3) is 0.263. The van der Waals surface area contributed by atoms with Crippen LogP contribution in [0.5, 0.6) is 0 Å². The van der Waals surface area contributed by atoms with Crippen LogP contribution in [0.1, 0.15) is 40.5 Å². The molecule has 3 aromatic rings. The highest BCUT2D eigenvalue weighted by molar-refractivity contribution is 6.02. The molecule has 3 aromatic heterocycles. The molecule has 0 aliphatic heterocycles. The van der Waals surface area contributed by atoms with Gasteiger partial charge in [0.15, 0.2) is 5.69 Å². The van der Waals surface area contributed by atoms with Crippen LogP contribution in [0.2, 0.25) is 0 Å². The zero-order chi connectivity index (χ0) is 18.5. The molecule has 134 valence electrons. The van der Waals surface area contributed by atoms with Crippen molar-refractivity contribution in [3.8, 4) is 0 Å². The van der Waals surface area contributed by atoms with Gasteiger partial charge in [-0.3, -0.25) is 19.0 Å². The van der Waals surface area contributed by atoms with Crippen molar-refractivity contribution in [2.24, 2.45) is 5.92 Å². The van der Waals surface area contributed by atoms with Crippen molar-refractivity contribution in [1.29, 1.82) is 0 Å². The van der Waals surface area contributed by atoms with E-state index in [-0.39, 0.29) is 23.3 Å². The van der Waals surface area contributed by atoms with Gasteiger partial charge in [0.2, 0.25) is 5.82 Å². The second-order valence-electron chi connectivity index (χ2n) is 6.39. The first-order valence-electron chi connectivity index (χ1n) is 8.48. The summed E-state index contributed by atoms with van der Waals surface area (Å²) in [5.74, 6) is -0.124. The normalized spacial score (nSPS) is 10.9. The van der Waals surface area contributed by atoms with E-state index in [4.69, 9.17) is 0 Å². The van der Waals surface area contributed by atoms with Crippen LogP contribution in [0.4, 0.5) is 0 Å². The van der Waals surface area contributed by atoms with Crippen LogP contribution in [-0.4, -0.2) is 32.7 Å². The Morgan fingerprint density at radius 1 is 1.12 bits per heavy atom. The van der Waals surface area contributed by atoms with Gasteiger partial charge >= 0.3 is 0 Å². The molecule has 7 nitrogen and oxygen atoms in total. The molecule has 0 fully saturated rings. The predicted molar refractivity (Wildman–Crippen MR) is 97.8 cm³/mol. The van der Waals surface area contributed by atoms with E-state index < -0.39 is 0 Å². The van der Waals surface area contributed by atoms with Crippen LogP contribution in [-0.2, 0) is 6.54 Å². The van der Waals surface area contributed by atoms with Crippen molar-refractivity contribution in [1.82, 2.24) is 25.0 Å². The Bertz CT molecular complexity index is 918. The summed E-state index contributed by atoms with van der Waals surface area (Å²) in [4.78, 5) is 33.4. The Morgan fingerprint density at radius 3 is 2.69 bits per heavy atom. The Balaban J connectivity index is 1.84. The highest BCUT2D eigenvalue weighted by atomic mass is 16.2. The summed E-state index contributed by atoms with van der Waals surface area (Å²) in [6.45, 7) is 4.92. The maximum absolute atomic E-state index is 12.6. The molecule has 0 aliphatic rings. The summed E-state index contributed by atoms with van der Waals surface area (Å²) in [7, 11) is 0. The van der Waals surface area contributed by atoms with Crippen LogP contribution >= 0.6 is 0 Å². The number of carbonyl (C=O) groups excluding carboxylic acids is 2. The minimum atomic E-state index is -0.349. The fourth-order valence-electron chi connectivity index (χ4n) is 2.51. The number of imidazole rings is 1. The third-order valence-corrected chi connectivity index (χ3v) is 3.81. The van der Waals surface area contributed by atoms with Crippen molar-refractivity contribution < 1.29 is 9.59 Å². The molecule has 0 spiro atoms. The summed E-state index contributed by atoms with van der Waals surface area (Å²) in [5.41, 5.74) is 1.73. The lowest BCUT2D eigenvalue weighted by Gasteiger charge is -2.05. The Hall–Kier alpha value is -3.22. The number of fused-ring (bicyclic) bond motifs is 1. The van der Waals surface area contributed by atoms with Gasteiger partial charge in [0.05, 0.1) is 5.52 Å². The second-order valence-corrected chi connectivity index (χ2v) is 6.39. The summed E-state index contributed by atoms with van der Waals surface area (Å²) in [6.07, 6.45) is 5.09. The molecule has 0 aliphatic carbocycles. The second kappa shape index (κ2) is 7.77. The van der Waals surface area contributed by atoms with E-state index in [1.165, 1.54) is 0 Å². The molecule has 0 aromatic carbocycles. The number of nitrogens with one attached hydrogen (secondary N) is 2. The molecule has 0 atom stereocenters. The third-order valence-electron chi connectivity index (χ3n) is 3.81. The molecular weight excluding hydrogens is 330 g/mol. The maximum Gasteiger partial charge on any atom is 0.287 e. The topological polar surface area (TPSA) is 88.4 Å². The number of amides is 2. The van der Waals surface area contributed by atoms with Gasteiger partial charge in [-0.1, -0.05) is 26.0 Å². The number of carbonyl (C=O) groups is 2. The number of hydrogen-bond donors (Lipinski definition) is 2. The monoisotopic (exact) mass is 351 g/mol. The Kier molecular flexibility index (Phi) is 5.26. The molecule has 2 amide bonds. The van der Waals surface area contributed by atoms with Gasteiger partial charge in [-0.15, -0.1) is 0 Å². The zero-order valence-electron chi connectivity index (χ0n) is 14.8. The number of pyridine rings is 2. The van der Waals surface area contributed by atoms with Crippen LogP contribution in [0.25, 0.3) is 5.52 Å². The molecule has 0 radical (unpaired) electrons. The smallest absolute Gasteiger partial charge is 0.287 e. The lowest BCUT2D eigenvalue weighted by molar-refractivity contribution is 0.0939. The van der Waals surface area contributed by atoms with Crippen molar-refractivity contribution >= 4 is 17.3 Å². The Labute approximate surface area is 151 Å². The molecule has 0 saturated heterocycles. The van der Waals surface area contributed by atoms with Gasteiger partial charge < -0.3 is 10.6 Å². The van der Waals surface area contributed by atoms with Crippen molar-refractivity contribution in [2.45, 2.75) is 20.4 Å². The first-order valence-corrected chi connectivity index (χ1v) is 8.48. The SMILES string of the molecule is CC(C)CNC(=O)c1nc(C(=O)NCc2cccnc2)n2ccccc12. The molecule has 7 heteroatoms. The fourth-order valence-corrected chi connectivity index (χ4v) is 2.51. The summed E-state index contributed by atoms with van der Waals surface area (Å²) in [5, 5.41) is 5.66. The molecule has 3 rings (SSSR count). The average molecular weight is 351 g/mol. The van der Waals surface area contributed by atoms with E-state index in [9.17, 15) is 9.59 Å². The van der Waals surface area contributed by atoms with E-state index in [0.717, 1.165) is 5.56 Å². The zero-order valence-corrected chi connectivity index (χ0v) is 14.8. The van der Waals surface area contributed by atoms with Crippen LogP contribution in [0.15, 0.2) is 48.9 Å². The first kappa shape index (κ1) is 17.6. The standard InChI is InChI=1S/C19H21N5O2/c1-13(2)10-21-18(25)16-15-7-3-4-9-24(15)17(23-16)19(26)22-12-14-6-5-8-20-11-14/h3-9,11,13H,10,12H2,1-2H3,(H,21,25)(H,22,26). The highest BCUT2D eigenvalue weighted by Gasteiger charge is 2.21. The number of nitrogens with zero attached hydrogens (tertiary/aromatic N) is 3. The molecule has 0 saturated carbocycles. The van der Waals surface area contributed by atoms with Crippen molar-refractivity contribution in [3.63, 3.8) is 0 Å². The number of aromatic nitrogens is 3. The van der Waals surface area contributed by atoms with Crippen LogP contribution < -0.4 is 10.6 Å². The summed E-state index contributed by atoms with van der Waals surface area (Å²) < 4.78 is 1.63. The van der Waals surface area contributed by atoms with Gasteiger partial charge in [0.25, 0.3) is 11.8 Å². The average Bonchev–Trinajstić information content (AvgIpc) is 3.05. The molecule has 0 unspecified atom stereocenters.